The van der Waals surface area contributed by atoms with Gasteiger partial charge in [0, 0.05) is 7.05 Å². The van der Waals surface area contributed by atoms with Gasteiger partial charge in [0.15, 0.2) is 5.75 Å². The Kier molecular flexibility index (Phi) is 5.24. The van der Waals surface area contributed by atoms with Crippen LogP contribution in [-0.4, -0.2) is 40.8 Å². The second-order valence-corrected chi connectivity index (χ2v) is 4.90. The number of anilines is 1. The highest BCUT2D eigenvalue weighted by Gasteiger charge is 2.24. The number of hydrogen-bond acceptors (Lipinski definition) is 5. The number of hydrogen-bond donors (Lipinski definition) is 1. The summed E-state index contributed by atoms with van der Waals surface area (Å²) in [6.07, 6.45) is 2.81. The predicted molar refractivity (Wildman–Crippen MR) is 84.8 cm³/mol. The van der Waals surface area contributed by atoms with E-state index in [4.69, 9.17) is 4.74 Å². The van der Waals surface area contributed by atoms with Crippen LogP contribution in [0.15, 0.2) is 42.7 Å². The molecule has 0 bridgehead atoms. The first-order valence-electron chi connectivity index (χ1n) is 7.02. The summed E-state index contributed by atoms with van der Waals surface area (Å²) >= 11 is 0. The summed E-state index contributed by atoms with van der Waals surface area (Å²) in [6.45, 7) is 1.85. The molecule has 7 heteroatoms. The molecule has 0 aliphatic rings. The van der Waals surface area contributed by atoms with Crippen molar-refractivity contribution >= 4 is 17.8 Å². The maximum absolute atomic E-state index is 12.2. The Hall–Kier alpha value is -2.96. The first-order valence-corrected chi connectivity index (χ1v) is 7.02. The fourth-order valence-corrected chi connectivity index (χ4v) is 1.93. The van der Waals surface area contributed by atoms with E-state index >= 15 is 0 Å². The number of aromatic nitrogens is 2. The van der Waals surface area contributed by atoms with E-state index in [0.29, 0.717) is 5.75 Å². The second kappa shape index (κ2) is 7.35. The molecule has 1 aromatic heterocycles. The smallest absolute Gasteiger partial charge is 0.316 e. The summed E-state index contributed by atoms with van der Waals surface area (Å²) in [4.78, 5) is 33.4. The Balaban J connectivity index is 2.02. The molecule has 1 aromatic carbocycles. The number of methoxy groups -OCH3 is 1. The van der Waals surface area contributed by atoms with Crippen molar-refractivity contribution in [3.05, 3.63) is 48.3 Å². The van der Waals surface area contributed by atoms with Crippen LogP contribution in [0.5, 0.6) is 5.75 Å². The fourth-order valence-electron chi connectivity index (χ4n) is 1.93. The van der Waals surface area contributed by atoms with Crippen LogP contribution in [-0.2, 0) is 9.59 Å². The maximum Gasteiger partial charge on any atom is 0.316 e. The fraction of sp³-hybridized carbons (Fsp3) is 0.250. The summed E-state index contributed by atoms with van der Waals surface area (Å²) in [7, 11) is 3.06. The summed E-state index contributed by atoms with van der Waals surface area (Å²) in [5.74, 6) is -0.949. The predicted octanol–water partition coefficient (Wildman–Crippen LogP) is 1.64. The molecule has 0 unspecified atom stereocenters. The van der Waals surface area contributed by atoms with Crippen molar-refractivity contribution in [3.8, 4) is 5.75 Å². The third-order valence-electron chi connectivity index (χ3n) is 3.47. The van der Waals surface area contributed by atoms with Gasteiger partial charge in [-0.05, 0) is 12.5 Å². The monoisotopic (exact) mass is 314 g/mol. The van der Waals surface area contributed by atoms with Gasteiger partial charge in [-0.25, -0.2) is 9.97 Å². The molecule has 1 heterocycles. The normalized spacial score (nSPS) is 11.4. The summed E-state index contributed by atoms with van der Waals surface area (Å²) < 4.78 is 4.93. The maximum atomic E-state index is 12.2. The average molecular weight is 314 g/mol. The van der Waals surface area contributed by atoms with Crippen LogP contribution < -0.4 is 10.1 Å². The van der Waals surface area contributed by atoms with E-state index in [1.54, 1.807) is 7.05 Å². The zero-order valence-electron chi connectivity index (χ0n) is 13.2. The lowest BCUT2D eigenvalue weighted by atomic mass is 10.1. The third kappa shape index (κ3) is 4.03. The van der Waals surface area contributed by atoms with Crippen molar-refractivity contribution in [2.45, 2.75) is 13.0 Å². The van der Waals surface area contributed by atoms with E-state index < -0.39 is 11.8 Å². The van der Waals surface area contributed by atoms with Crippen LogP contribution in [0.4, 0.5) is 5.95 Å². The van der Waals surface area contributed by atoms with E-state index in [-0.39, 0.29) is 12.0 Å². The number of amides is 2. The Labute approximate surface area is 134 Å². The zero-order valence-corrected chi connectivity index (χ0v) is 13.2. The first kappa shape index (κ1) is 16.4. The molecule has 0 spiro atoms. The average Bonchev–Trinajstić information content (AvgIpc) is 2.61. The molecule has 0 aliphatic heterocycles. The van der Waals surface area contributed by atoms with Gasteiger partial charge in [0.25, 0.3) is 0 Å². The summed E-state index contributed by atoms with van der Waals surface area (Å²) in [5.41, 5.74) is 0.942. The molecular formula is C16H18N4O3. The minimum Gasteiger partial charge on any atom is -0.494 e. The number of benzene rings is 1. The molecule has 0 aliphatic carbocycles. The molecule has 23 heavy (non-hydrogen) atoms. The van der Waals surface area contributed by atoms with Gasteiger partial charge in [-0.15, -0.1) is 0 Å². The van der Waals surface area contributed by atoms with Crippen LogP contribution in [0.1, 0.15) is 18.5 Å². The van der Waals surface area contributed by atoms with Gasteiger partial charge in [-0.3, -0.25) is 14.9 Å². The molecule has 2 amide bonds. The molecule has 0 saturated carbocycles. The summed E-state index contributed by atoms with van der Waals surface area (Å²) in [5, 5.41) is 2.37. The van der Waals surface area contributed by atoms with Crippen molar-refractivity contribution in [2.24, 2.45) is 0 Å². The van der Waals surface area contributed by atoms with Crippen molar-refractivity contribution in [3.63, 3.8) is 0 Å². The SMILES string of the molecule is COc1cnc(NC(=O)C(=O)N(C)[C@H](C)c2ccccc2)nc1. The Morgan fingerprint density at radius 3 is 2.35 bits per heavy atom. The lowest BCUT2D eigenvalue weighted by Gasteiger charge is -2.24. The van der Waals surface area contributed by atoms with E-state index in [9.17, 15) is 9.59 Å². The topological polar surface area (TPSA) is 84.4 Å². The highest BCUT2D eigenvalue weighted by Crippen LogP contribution is 2.18. The number of carbonyl (C=O) groups excluding carboxylic acids is 2. The van der Waals surface area contributed by atoms with Gasteiger partial charge in [-0.2, -0.15) is 0 Å². The van der Waals surface area contributed by atoms with E-state index in [1.807, 2.05) is 37.3 Å². The molecule has 0 saturated heterocycles. The van der Waals surface area contributed by atoms with Crippen molar-refractivity contribution in [1.82, 2.24) is 14.9 Å². The van der Waals surface area contributed by atoms with Crippen LogP contribution in [0.25, 0.3) is 0 Å². The van der Waals surface area contributed by atoms with Gasteiger partial charge in [0.05, 0.1) is 25.5 Å². The van der Waals surface area contributed by atoms with Gasteiger partial charge < -0.3 is 9.64 Å². The van der Waals surface area contributed by atoms with Crippen LogP contribution in [0.3, 0.4) is 0 Å². The Morgan fingerprint density at radius 2 is 1.78 bits per heavy atom. The van der Waals surface area contributed by atoms with Crippen LogP contribution in [0.2, 0.25) is 0 Å². The van der Waals surface area contributed by atoms with Crippen LogP contribution in [0, 0.1) is 0 Å². The van der Waals surface area contributed by atoms with Gasteiger partial charge in [-0.1, -0.05) is 30.3 Å². The number of ether oxygens (including phenoxy) is 1. The molecule has 2 aromatic rings. The molecule has 1 N–H and O–H groups in total. The second-order valence-electron chi connectivity index (χ2n) is 4.90. The van der Waals surface area contributed by atoms with E-state index in [1.165, 1.54) is 24.4 Å². The highest BCUT2D eigenvalue weighted by atomic mass is 16.5. The molecular weight excluding hydrogens is 296 g/mol. The number of nitrogens with one attached hydrogen (secondary N) is 1. The largest absolute Gasteiger partial charge is 0.494 e. The van der Waals surface area contributed by atoms with Gasteiger partial charge >= 0.3 is 11.8 Å². The molecule has 1 atom stereocenters. The Morgan fingerprint density at radius 1 is 1.17 bits per heavy atom. The molecule has 120 valence electrons. The molecule has 0 radical (unpaired) electrons. The third-order valence-corrected chi connectivity index (χ3v) is 3.47. The number of nitrogens with zero attached hydrogens (tertiary/aromatic N) is 3. The van der Waals surface area contributed by atoms with E-state index in [2.05, 4.69) is 15.3 Å². The standard InChI is InChI=1S/C16H18N4O3/c1-11(12-7-5-4-6-8-12)20(2)15(22)14(21)19-16-17-9-13(23-3)10-18-16/h4-11H,1-3H3,(H,17,18,19,21)/t11-/m1/s1. The molecule has 7 nitrogen and oxygen atoms in total. The minimum atomic E-state index is -0.791. The zero-order chi connectivity index (χ0) is 16.8. The van der Waals surface area contributed by atoms with Gasteiger partial charge in [0.2, 0.25) is 5.95 Å². The lowest BCUT2D eigenvalue weighted by Crippen LogP contribution is -2.38. The minimum absolute atomic E-state index is 0.0462. The highest BCUT2D eigenvalue weighted by molar-refractivity contribution is 6.39. The number of rotatable bonds is 4. The summed E-state index contributed by atoms with van der Waals surface area (Å²) in [6, 6.07) is 9.24. The van der Waals surface area contributed by atoms with Gasteiger partial charge in [0.1, 0.15) is 0 Å². The Bertz CT molecular complexity index is 673. The first-order chi connectivity index (χ1) is 11.0. The number of carbonyl (C=O) groups is 2. The van der Waals surface area contributed by atoms with Crippen LogP contribution >= 0.6 is 0 Å². The van der Waals surface area contributed by atoms with E-state index in [0.717, 1.165) is 5.56 Å². The molecule has 2 rings (SSSR count). The number of likely N-dealkylation sites (N-methyl/N-ethyl adjacent to an activating group) is 1. The van der Waals surface area contributed by atoms with Crippen molar-refractivity contribution in [2.75, 3.05) is 19.5 Å². The van der Waals surface area contributed by atoms with Crippen molar-refractivity contribution < 1.29 is 14.3 Å². The molecule has 0 fully saturated rings. The quantitative estimate of drug-likeness (QED) is 0.867. The lowest BCUT2D eigenvalue weighted by molar-refractivity contribution is -0.143. The van der Waals surface area contributed by atoms with Crippen molar-refractivity contribution in [1.29, 1.82) is 0 Å².